The van der Waals surface area contributed by atoms with E-state index >= 15 is 0 Å². The van der Waals surface area contributed by atoms with E-state index < -0.39 is 0 Å². The maximum atomic E-state index is 4.53. The molecule has 0 radical (unpaired) electrons. The number of aromatic nitrogens is 4. The highest BCUT2D eigenvalue weighted by molar-refractivity contribution is 9.10. The second kappa shape index (κ2) is 4.38. The van der Waals surface area contributed by atoms with Crippen LogP contribution in [0.1, 0.15) is 0 Å². The summed E-state index contributed by atoms with van der Waals surface area (Å²) in [6, 6.07) is 8.06. The minimum absolute atomic E-state index is 0.705. The van der Waals surface area contributed by atoms with Crippen LogP contribution in [0.5, 0.6) is 0 Å². The first-order valence-corrected chi connectivity index (χ1v) is 6.57. The van der Waals surface area contributed by atoms with E-state index in [1.165, 1.54) is 6.33 Å². The van der Waals surface area contributed by atoms with E-state index in [4.69, 9.17) is 0 Å². The third-order valence-corrected chi connectivity index (χ3v) is 3.58. The number of thiazole rings is 1. The molecule has 1 aromatic carbocycles. The Morgan fingerprint density at radius 3 is 3.00 bits per heavy atom. The topological polar surface area (TPSA) is 54.5 Å². The van der Waals surface area contributed by atoms with Crippen molar-refractivity contribution in [3.05, 3.63) is 40.4 Å². The first kappa shape index (κ1) is 10.6. The number of nitrogens with zero attached hydrogens (tertiary/aromatic N) is 3. The smallest absolute Gasteiger partial charge is 0.184 e. The van der Waals surface area contributed by atoms with Crippen LogP contribution in [0.25, 0.3) is 22.1 Å². The fourth-order valence-corrected chi connectivity index (χ4v) is 2.64. The van der Waals surface area contributed by atoms with Gasteiger partial charge in [-0.15, -0.1) is 11.3 Å². The molecule has 0 atom stereocenters. The van der Waals surface area contributed by atoms with Gasteiger partial charge in [0.05, 0.1) is 5.69 Å². The molecular formula is C11H7BrN4S. The van der Waals surface area contributed by atoms with Crippen LogP contribution in [-0.2, 0) is 0 Å². The van der Waals surface area contributed by atoms with Crippen molar-refractivity contribution in [2.75, 3.05) is 0 Å². The summed E-state index contributed by atoms with van der Waals surface area (Å²) in [6.45, 7) is 0. The summed E-state index contributed by atoms with van der Waals surface area (Å²) in [4.78, 5) is 8.61. The normalized spacial score (nSPS) is 10.6. The van der Waals surface area contributed by atoms with Crippen molar-refractivity contribution >= 4 is 27.3 Å². The van der Waals surface area contributed by atoms with E-state index in [9.17, 15) is 0 Å². The lowest BCUT2D eigenvalue weighted by Crippen LogP contribution is -1.81. The number of H-pyrrole nitrogens is 1. The van der Waals surface area contributed by atoms with E-state index in [0.717, 1.165) is 20.7 Å². The molecule has 0 bridgehead atoms. The average molecular weight is 307 g/mol. The fraction of sp³-hybridized carbons (Fsp3) is 0. The molecule has 0 aliphatic carbocycles. The fourth-order valence-electron chi connectivity index (χ4n) is 1.47. The summed E-state index contributed by atoms with van der Waals surface area (Å²) in [5, 5.41) is 9.48. The molecule has 17 heavy (non-hydrogen) atoms. The van der Waals surface area contributed by atoms with Crippen molar-refractivity contribution in [1.82, 2.24) is 20.2 Å². The highest BCUT2D eigenvalue weighted by Crippen LogP contribution is 2.27. The highest BCUT2D eigenvalue weighted by Gasteiger charge is 2.08. The van der Waals surface area contributed by atoms with Crippen LogP contribution in [0.15, 0.2) is 40.4 Å². The summed E-state index contributed by atoms with van der Waals surface area (Å²) >= 11 is 5.00. The summed E-state index contributed by atoms with van der Waals surface area (Å²) in [7, 11) is 0. The zero-order chi connectivity index (χ0) is 11.7. The molecular weight excluding hydrogens is 300 g/mol. The van der Waals surface area contributed by atoms with Crippen LogP contribution in [0.2, 0.25) is 0 Å². The Morgan fingerprint density at radius 2 is 2.24 bits per heavy atom. The van der Waals surface area contributed by atoms with Crippen LogP contribution in [0.3, 0.4) is 0 Å². The number of aromatic amines is 1. The molecule has 6 heteroatoms. The predicted octanol–water partition coefficient (Wildman–Crippen LogP) is 3.36. The van der Waals surface area contributed by atoms with Gasteiger partial charge in [0.1, 0.15) is 6.33 Å². The first-order chi connectivity index (χ1) is 8.33. The zero-order valence-electron chi connectivity index (χ0n) is 8.59. The van der Waals surface area contributed by atoms with Crippen molar-refractivity contribution in [3.63, 3.8) is 0 Å². The molecule has 0 saturated carbocycles. The SMILES string of the molecule is Brc1cccc(-c2csc(-c3ncn[nH]3)n2)c1. The monoisotopic (exact) mass is 306 g/mol. The molecule has 1 N–H and O–H groups in total. The van der Waals surface area contributed by atoms with Crippen molar-refractivity contribution in [2.45, 2.75) is 0 Å². The molecule has 0 amide bonds. The van der Waals surface area contributed by atoms with Gasteiger partial charge in [-0.2, -0.15) is 5.10 Å². The minimum atomic E-state index is 0.705. The molecule has 0 saturated heterocycles. The predicted molar refractivity (Wildman–Crippen MR) is 70.6 cm³/mol. The molecule has 0 aliphatic rings. The molecule has 0 unspecified atom stereocenters. The molecule has 0 spiro atoms. The molecule has 3 aromatic rings. The number of rotatable bonds is 2. The quantitative estimate of drug-likeness (QED) is 0.790. The van der Waals surface area contributed by atoms with Crippen molar-refractivity contribution < 1.29 is 0 Å². The maximum Gasteiger partial charge on any atom is 0.184 e. The maximum absolute atomic E-state index is 4.53. The summed E-state index contributed by atoms with van der Waals surface area (Å²) < 4.78 is 1.05. The van der Waals surface area contributed by atoms with E-state index in [0.29, 0.717) is 5.82 Å². The van der Waals surface area contributed by atoms with Gasteiger partial charge in [0.2, 0.25) is 0 Å². The summed E-state index contributed by atoms with van der Waals surface area (Å²) in [6.07, 6.45) is 1.48. The highest BCUT2D eigenvalue weighted by atomic mass is 79.9. The van der Waals surface area contributed by atoms with Crippen LogP contribution in [-0.4, -0.2) is 20.2 Å². The molecule has 3 rings (SSSR count). The van der Waals surface area contributed by atoms with Crippen LogP contribution in [0, 0.1) is 0 Å². The Hall–Kier alpha value is -1.53. The molecule has 0 fully saturated rings. The number of hydrogen-bond acceptors (Lipinski definition) is 4. The molecule has 84 valence electrons. The largest absolute Gasteiger partial charge is 0.257 e. The van der Waals surface area contributed by atoms with E-state index in [2.05, 4.69) is 36.1 Å². The van der Waals surface area contributed by atoms with Crippen molar-refractivity contribution in [3.8, 4) is 22.1 Å². The van der Waals surface area contributed by atoms with Gasteiger partial charge >= 0.3 is 0 Å². The first-order valence-electron chi connectivity index (χ1n) is 4.90. The van der Waals surface area contributed by atoms with Crippen LogP contribution in [0.4, 0.5) is 0 Å². The van der Waals surface area contributed by atoms with Gasteiger partial charge < -0.3 is 0 Å². The molecule has 4 nitrogen and oxygen atoms in total. The average Bonchev–Trinajstić information content (AvgIpc) is 3.00. The second-order valence-electron chi connectivity index (χ2n) is 3.38. The third kappa shape index (κ3) is 2.13. The second-order valence-corrected chi connectivity index (χ2v) is 5.16. The Labute approximate surface area is 110 Å². The number of nitrogens with one attached hydrogen (secondary N) is 1. The Bertz CT molecular complexity index is 632. The zero-order valence-corrected chi connectivity index (χ0v) is 11.0. The van der Waals surface area contributed by atoms with Crippen molar-refractivity contribution in [1.29, 1.82) is 0 Å². The Morgan fingerprint density at radius 1 is 1.29 bits per heavy atom. The van der Waals surface area contributed by atoms with Crippen LogP contribution < -0.4 is 0 Å². The van der Waals surface area contributed by atoms with E-state index in [1.807, 2.05) is 29.6 Å². The minimum Gasteiger partial charge on any atom is -0.257 e. The number of benzene rings is 1. The van der Waals surface area contributed by atoms with Gasteiger partial charge in [-0.3, -0.25) is 5.10 Å². The number of hydrogen-bond donors (Lipinski definition) is 1. The van der Waals surface area contributed by atoms with Crippen LogP contribution >= 0.6 is 27.3 Å². The van der Waals surface area contributed by atoms with E-state index in [1.54, 1.807) is 11.3 Å². The summed E-state index contributed by atoms with van der Waals surface area (Å²) in [5.41, 5.74) is 2.03. The lowest BCUT2D eigenvalue weighted by atomic mass is 10.2. The van der Waals surface area contributed by atoms with Gasteiger partial charge in [0.25, 0.3) is 0 Å². The number of halogens is 1. The standard InChI is InChI=1S/C11H7BrN4S/c12-8-3-1-2-7(4-8)9-5-17-11(15-9)10-13-6-14-16-10/h1-6H,(H,13,14,16). The third-order valence-electron chi connectivity index (χ3n) is 2.24. The van der Waals surface area contributed by atoms with Gasteiger partial charge in [0, 0.05) is 15.4 Å². The van der Waals surface area contributed by atoms with Gasteiger partial charge in [0.15, 0.2) is 10.8 Å². The lowest BCUT2D eigenvalue weighted by Gasteiger charge is -1.96. The Kier molecular flexibility index (Phi) is 2.74. The Balaban J connectivity index is 2.01. The molecule has 0 aliphatic heterocycles. The van der Waals surface area contributed by atoms with Crippen molar-refractivity contribution in [2.24, 2.45) is 0 Å². The summed E-state index contributed by atoms with van der Waals surface area (Å²) in [5.74, 6) is 0.705. The molecule has 2 heterocycles. The van der Waals surface area contributed by atoms with Gasteiger partial charge in [-0.25, -0.2) is 9.97 Å². The van der Waals surface area contributed by atoms with E-state index in [-0.39, 0.29) is 0 Å². The van der Waals surface area contributed by atoms with Gasteiger partial charge in [-0.05, 0) is 12.1 Å². The van der Waals surface area contributed by atoms with Gasteiger partial charge in [-0.1, -0.05) is 28.1 Å². The lowest BCUT2D eigenvalue weighted by molar-refractivity contribution is 1.09. The molecule has 2 aromatic heterocycles.